The fourth-order valence-electron chi connectivity index (χ4n) is 0.947. The van der Waals surface area contributed by atoms with Crippen LogP contribution in [0.4, 0.5) is 0 Å². The highest BCUT2D eigenvalue weighted by Crippen LogP contribution is 2.30. The number of aliphatic hydroxyl groups is 2. The lowest BCUT2D eigenvalue weighted by molar-refractivity contribution is -0.0908. The molecule has 0 aliphatic heterocycles. The summed E-state index contributed by atoms with van der Waals surface area (Å²) in [4.78, 5) is 0. The molecule has 2 atom stereocenters. The minimum atomic E-state index is -0.669. The fourth-order valence-corrected chi connectivity index (χ4v) is 0.947. The van der Waals surface area contributed by atoms with E-state index in [0.717, 1.165) is 0 Å². The van der Waals surface area contributed by atoms with Gasteiger partial charge in [-0.3, -0.25) is 0 Å². The van der Waals surface area contributed by atoms with Crippen molar-refractivity contribution in [1.82, 2.24) is 0 Å². The maximum Gasteiger partial charge on any atom is 0.0852 e. The third kappa shape index (κ3) is 3.11. The first kappa shape index (κ1) is 11.9. The van der Waals surface area contributed by atoms with Gasteiger partial charge in [0.2, 0.25) is 0 Å². The minimum absolute atomic E-state index is 0.257. The Morgan fingerprint density at radius 2 is 0.833 bits per heavy atom. The average Bonchev–Trinajstić information content (AvgIpc) is 1.80. The summed E-state index contributed by atoms with van der Waals surface area (Å²) in [6.45, 7) is 11.5. The quantitative estimate of drug-likeness (QED) is 0.636. The monoisotopic (exact) mass is 174 g/mol. The molecule has 0 aliphatic carbocycles. The van der Waals surface area contributed by atoms with E-state index in [-0.39, 0.29) is 10.8 Å². The van der Waals surface area contributed by atoms with Crippen LogP contribution in [0, 0.1) is 10.8 Å². The van der Waals surface area contributed by atoms with E-state index in [1.54, 1.807) is 0 Å². The molecule has 0 radical (unpaired) electrons. The van der Waals surface area contributed by atoms with Crippen LogP contribution in [0.15, 0.2) is 0 Å². The number of rotatable bonds is 1. The van der Waals surface area contributed by atoms with Gasteiger partial charge in [-0.1, -0.05) is 41.5 Å². The Balaban J connectivity index is 4.41. The van der Waals surface area contributed by atoms with Crippen molar-refractivity contribution < 1.29 is 10.2 Å². The van der Waals surface area contributed by atoms with Crippen molar-refractivity contribution in [2.45, 2.75) is 53.8 Å². The molecule has 12 heavy (non-hydrogen) atoms. The molecular weight excluding hydrogens is 152 g/mol. The molecule has 0 aliphatic rings. The molecule has 0 aromatic heterocycles. The Morgan fingerprint density at radius 1 is 0.667 bits per heavy atom. The second-order valence-electron chi connectivity index (χ2n) is 5.62. The van der Waals surface area contributed by atoms with Gasteiger partial charge in [0.1, 0.15) is 0 Å². The van der Waals surface area contributed by atoms with Gasteiger partial charge in [0.25, 0.3) is 0 Å². The Morgan fingerprint density at radius 3 is 0.917 bits per heavy atom. The van der Waals surface area contributed by atoms with Gasteiger partial charge in [0, 0.05) is 0 Å². The maximum atomic E-state index is 9.74. The zero-order valence-electron chi connectivity index (χ0n) is 9.05. The summed E-state index contributed by atoms with van der Waals surface area (Å²) < 4.78 is 0. The lowest BCUT2D eigenvalue weighted by atomic mass is 9.76. The van der Waals surface area contributed by atoms with Gasteiger partial charge in [-0.25, -0.2) is 0 Å². The van der Waals surface area contributed by atoms with Crippen LogP contribution in [0.5, 0.6) is 0 Å². The molecule has 0 rings (SSSR count). The summed E-state index contributed by atoms with van der Waals surface area (Å²) in [5.74, 6) is 0. The molecule has 2 unspecified atom stereocenters. The molecule has 0 spiro atoms. The maximum absolute atomic E-state index is 9.74. The van der Waals surface area contributed by atoms with Crippen LogP contribution < -0.4 is 0 Å². The molecule has 0 aromatic rings. The molecular formula is C10H22O2. The summed E-state index contributed by atoms with van der Waals surface area (Å²) in [5, 5.41) is 19.5. The van der Waals surface area contributed by atoms with Gasteiger partial charge in [-0.05, 0) is 10.8 Å². The second-order valence-corrected chi connectivity index (χ2v) is 5.62. The summed E-state index contributed by atoms with van der Waals surface area (Å²) in [5.41, 5.74) is -0.514. The molecule has 2 heteroatoms. The average molecular weight is 174 g/mol. The summed E-state index contributed by atoms with van der Waals surface area (Å²) in [7, 11) is 0. The predicted octanol–water partition coefficient (Wildman–Crippen LogP) is 1.80. The smallest absolute Gasteiger partial charge is 0.0852 e. The Kier molecular flexibility index (Phi) is 3.32. The van der Waals surface area contributed by atoms with E-state index in [2.05, 4.69) is 0 Å². The van der Waals surface area contributed by atoms with Gasteiger partial charge in [0.15, 0.2) is 0 Å². The summed E-state index contributed by atoms with van der Waals surface area (Å²) >= 11 is 0. The Labute approximate surface area is 75.6 Å². The number of aliphatic hydroxyl groups excluding tert-OH is 2. The minimum Gasteiger partial charge on any atom is -0.390 e. The largest absolute Gasteiger partial charge is 0.390 e. The van der Waals surface area contributed by atoms with Crippen LogP contribution in [0.1, 0.15) is 41.5 Å². The van der Waals surface area contributed by atoms with Crippen molar-refractivity contribution in [2.24, 2.45) is 10.8 Å². The molecule has 0 aromatic carbocycles. The van der Waals surface area contributed by atoms with E-state index in [9.17, 15) is 10.2 Å². The molecule has 0 bridgehead atoms. The molecule has 0 fully saturated rings. The first-order valence-electron chi connectivity index (χ1n) is 4.43. The lowest BCUT2D eigenvalue weighted by Crippen LogP contribution is -2.44. The predicted molar refractivity (Wildman–Crippen MR) is 50.9 cm³/mol. The molecule has 74 valence electrons. The molecule has 0 amide bonds. The van der Waals surface area contributed by atoms with Crippen LogP contribution in [-0.4, -0.2) is 22.4 Å². The highest BCUT2D eigenvalue weighted by molar-refractivity contribution is 4.86. The first-order valence-corrected chi connectivity index (χ1v) is 4.43. The van der Waals surface area contributed by atoms with Gasteiger partial charge >= 0.3 is 0 Å². The van der Waals surface area contributed by atoms with E-state index in [0.29, 0.717) is 0 Å². The molecule has 0 saturated carbocycles. The zero-order chi connectivity index (χ0) is 10.2. The normalized spacial score (nSPS) is 19.0. The van der Waals surface area contributed by atoms with Crippen LogP contribution >= 0.6 is 0 Å². The SMILES string of the molecule is CC(C)(C)C(O)C(O)C(C)(C)C. The van der Waals surface area contributed by atoms with Crippen LogP contribution in [0.3, 0.4) is 0 Å². The van der Waals surface area contributed by atoms with Gasteiger partial charge in [-0.15, -0.1) is 0 Å². The second kappa shape index (κ2) is 3.35. The third-order valence-electron chi connectivity index (χ3n) is 2.07. The fraction of sp³-hybridized carbons (Fsp3) is 1.00. The zero-order valence-corrected chi connectivity index (χ0v) is 9.05. The van der Waals surface area contributed by atoms with Crippen LogP contribution in [0.25, 0.3) is 0 Å². The van der Waals surface area contributed by atoms with Crippen LogP contribution in [-0.2, 0) is 0 Å². The van der Waals surface area contributed by atoms with E-state index >= 15 is 0 Å². The molecule has 2 N–H and O–H groups in total. The molecule has 0 heterocycles. The van der Waals surface area contributed by atoms with Crippen molar-refractivity contribution in [3.8, 4) is 0 Å². The molecule has 2 nitrogen and oxygen atoms in total. The van der Waals surface area contributed by atoms with Crippen molar-refractivity contribution >= 4 is 0 Å². The van der Waals surface area contributed by atoms with E-state index in [4.69, 9.17) is 0 Å². The van der Waals surface area contributed by atoms with Gasteiger partial charge in [-0.2, -0.15) is 0 Å². The van der Waals surface area contributed by atoms with E-state index in [1.807, 2.05) is 41.5 Å². The van der Waals surface area contributed by atoms with E-state index < -0.39 is 12.2 Å². The van der Waals surface area contributed by atoms with Crippen molar-refractivity contribution in [2.75, 3.05) is 0 Å². The van der Waals surface area contributed by atoms with Gasteiger partial charge in [0.05, 0.1) is 12.2 Å². The Bertz CT molecular complexity index is 121. The van der Waals surface area contributed by atoms with Gasteiger partial charge < -0.3 is 10.2 Å². The third-order valence-corrected chi connectivity index (χ3v) is 2.07. The first-order chi connectivity index (χ1) is 5.07. The molecule has 0 saturated heterocycles. The summed E-state index contributed by atoms with van der Waals surface area (Å²) in [6.07, 6.45) is -1.34. The number of hydrogen-bond donors (Lipinski definition) is 2. The summed E-state index contributed by atoms with van der Waals surface area (Å²) in [6, 6.07) is 0. The van der Waals surface area contributed by atoms with Crippen molar-refractivity contribution in [3.63, 3.8) is 0 Å². The van der Waals surface area contributed by atoms with Crippen LogP contribution in [0.2, 0.25) is 0 Å². The van der Waals surface area contributed by atoms with Crippen molar-refractivity contribution in [1.29, 1.82) is 0 Å². The lowest BCUT2D eigenvalue weighted by Gasteiger charge is -2.37. The van der Waals surface area contributed by atoms with E-state index in [1.165, 1.54) is 0 Å². The topological polar surface area (TPSA) is 40.5 Å². The highest BCUT2D eigenvalue weighted by Gasteiger charge is 2.36. The Hall–Kier alpha value is -0.0800. The van der Waals surface area contributed by atoms with Crippen molar-refractivity contribution in [3.05, 3.63) is 0 Å². The number of hydrogen-bond acceptors (Lipinski definition) is 2. The standard InChI is InChI=1S/C10H22O2/c1-9(2,3)7(11)8(12)10(4,5)6/h7-8,11-12H,1-6H3. The highest BCUT2D eigenvalue weighted by atomic mass is 16.3.